The number of rotatable bonds is 2. The second-order valence-electron chi connectivity index (χ2n) is 5.03. The van der Waals surface area contributed by atoms with E-state index >= 15 is 0 Å². The molecule has 0 fully saturated rings. The van der Waals surface area contributed by atoms with Gasteiger partial charge in [0.1, 0.15) is 17.4 Å². The minimum absolute atomic E-state index is 0.192. The number of carbonyl (C=O) groups is 1. The van der Waals surface area contributed by atoms with Gasteiger partial charge in [-0.2, -0.15) is 0 Å². The number of nitrogens with one attached hydrogen (secondary N) is 1. The number of aliphatic imine (C=N–C) groups is 1. The largest absolute Gasteiger partial charge is 0.326 e. The molecule has 2 aromatic rings. The fraction of sp³-hybridized carbons (Fsp3) is 0.0588. The Kier molecular flexibility index (Phi) is 2.89. The van der Waals surface area contributed by atoms with Gasteiger partial charge in [0.05, 0.1) is 0 Å². The molecule has 5 nitrogen and oxygen atoms in total. The van der Waals surface area contributed by atoms with E-state index in [4.69, 9.17) is 0 Å². The summed E-state index contributed by atoms with van der Waals surface area (Å²) in [6, 6.07) is 19.1. The second kappa shape index (κ2) is 5.04. The minimum atomic E-state index is -0.415. The van der Waals surface area contributed by atoms with Crippen molar-refractivity contribution in [1.82, 2.24) is 5.32 Å². The third-order valence-corrected chi connectivity index (χ3v) is 3.61. The summed E-state index contributed by atoms with van der Waals surface area (Å²) >= 11 is 0. The monoisotopic (exact) mass is 288 g/mol. The summed E-state index contributed by atoms with van der Waals surface area (Å²) in [5.74, 6) is 0.208. The number of benzene rings is 2. The van der Waals surface area contributed by atoms with Crippen LogP contribution >= 0.6 is 0 Å². The molecule has 0 saturated heterocycles. The molecule has 106 valence electrons. The second-order valence-corrected chi connectivity index (χ2v) is 5.03. The van der Waals surface area contributed by atoms with E-state index in [1.165, 1.54) is 0 Å². The Bertz CT molecular complexity index is 822. The minimum Gasteiger partial charge on any atom is -0.326 e. The highest BCUT2D eigenvalue weighted by Crippen LogP contribution is 2.32. The van der Waals surface area contributed by atoms with Crippen LogP contribution in [0.1, 0.15) is 17.3 Å². The number of amidine groups is 1. The van der Waals surface area contributed by atoms with E-state index in [0.29, 0.717) is 17.1 Å². The van der Waals surface area contributed by atoms with Crippen molar-refractivity contribution in [3.63, 3.8) is 0 Å². The average molecular weight is 288 g/mol. The van der Waals surface area contributed by atoms with Gasteiger partial charge < -0.3 is 5.32 Å². The van der Waals surface area contributed by atoms with Gasteiger partial charge >= 0.3 is 0 Å². The third kappa shape index (κ3) is 2.03. The number of fused-ring (bicyclic) bond motifs is 1. The predicted molar refractivity (Wildman–Crippen MR) is 83.0 cm³/mol. The van der Waals surface area contributed by atoms with E-state index in [9.17, 15) is 4.79 Å². The van der Waals surface area contributed by atoms with Crippen LogP contribution in [-0.4, -0.2) is 11.7 Å². The van der Waals surface area contributed by atoms with Crippen LogP contribution in [0.15, 0.2) is 81.5 Å². The summed E-state index contributed by atoms with van der Waals surface area (Å²) in [6.07, 6.45) is -0.415. The maximum Gasteiger partial charge on any atom is 0.259 e. The van der Waals surface area contributed by atoms with Gasteiger partial charge in [-0.1, -0.05) is 60.7 Å². The van der Waals surface area contributed by atoms with Crippen LogP contribution in [0.2, 0.25) is 0 Å². The molecule has 22 heavy (non-hydrogen) atoms. The number of amides is 1. The van der Waals surface area contributed by atoms with Crippen molar-refractivity contribution in [3.8, 4) is 0 Å². The lowest BCUT2D eigenvalue weighted by atomic mass is 10.0. The maximum absolute atomic E-state index is 12.5. The molecule has 1 atom stereocenters. The molecule has 4 rings (SSSR count). The molecule has 1 amide bonds. The van der Waals surface area contributed by atoms with Crippen LogP contribution in [0.25, 0.3) is 5.70 Å². The number of nitrogens with zero attached hydrogens (tertiary/aromatic N) is 3. The Balaban J connectivity index is 1.78. The third-order valence-electron chi connectivity index (χ3n) is 3.61. The molecule has 2 aromatic carbocycles. The van der Waals surface area contributed by atoms with E-state index in [2.05, 4.69) is 20.5 Å². The highest BCUT2D eigenvalue weighted by atomic mass is 16.2. The first kappa shape index (κ1) is 12.6. The molecule has 0 saturated carbocycles. The first-order chi connectivity index (χ1) is 10.8. The van der Waals surface area contributed by atoms with Crippen LogP contribution < -0.4 is 5.32 Å². The van der Waals surface area contributed by atoms with E-state index in [-0.39, 0.29) is 5.91 Å². The summed E-state index contributed by atoms with van der Waals surface area (Å²) in [4.78, 5) is 17.0. The summed E-state index contributed by atoms with van der Waals surface area (Å²) in [7, 11) is 0. The standard InChI is InChI=1S/C17H12N4O/c22-17-13-14(11-7-3-1-4-8-11)20-21-16(13)18-15(19-17)12-9-5-2-6-10-12/h1-10,15H,(H,19,22). The molecule has 2 aliphatic heterocycles. The molecule has 0 aliphatic carbocycles. The van der Waals surface area contributed by atoms with Crippen molar-refractivity contribution in [2.45, 2.75) is 6.17 Å². The number of hydrogen-bond donors (Lipinski definition) is 1. The lowest BCUT2D eigenvalue weighted by molar-refractivity contribution is -0.117. The number of hydrogen-bond acceptors (Lipinski definition) is 4. The van der Waals surface area contributed by atoms with Crippen LogP contribution in [-0.2, 0) is 4.79 Å². The summed E-state index contributed by atoms with van der Waals surface area (Å²) in [6.45, 7) is 0. The van der Waals surface area contributed by atoms with Crippen LogP contribution in [0.3, 0.4) is 0 Å². The Morgan fingerprint density at radius 1 is 0.864 bits per heavy atom. The smallest absolute Gasteiger partial charge is 0.259 e. The van der Waals surface area contributed by atoms with Gasteiger partial charge in [-0.15, -0.1) is 10.2 Å². The molecule has 2 heterocycles. The van der Waals surface area contributed by atoms with Crippen molar-refractivity contribution in [2.75, 3.05) is 0 Å². The van der Waals surface area contributed by atoms with E-state index in [1.807, 2.05) is 60.7 Å². The summed E-state index contributed by atoms with van der Waals surface area (Å²) < 4.78 is 0. The molecule has 2 aliphatic rings. The summed E-state index contributed by atoms with van der Waals surface area (Å²) in [5, 5.41) is 11.1. The topological polar surface area (TPSA) is 66.2 Å². The molecule has 5 heteroatoms. The van der Waals surface area contributed by atoms with Crippen LogP contribution in [0.5, 0.6) is 0 Å². The molecular weight excluding hydrogens is 276 g/mol. The summed E-state index contributed by atoms with van der Waals surface area (Å²) in [5.41, 5.74) is 2.80. The lowest BCUT2D eigenvalue weighted by Gasteiger charge is -2.20. The Labute approximate surface area is 127 Å². The lowest BCUT2D eigenvalue weighted by Crippen LogP contribution is -2.35. The maximum atomic E-state index is 12.5. The first-order valence-electron chi connectivity index (χ1n) is 6.98. The fourth-order valence-electron chi connectivity index (χ4n) is 2.54. The predicted octanol–water partition coefficient (Wildman–Crippen LogP) is 3.09. The average Bonchev–Trinajstić information content (AvgIpc) is 3.01. The van der Waals surface area contributed by atoms with Gasteiger partial charge in [0.15, 0.2) is 5.84 Å². The molecule has 1 N–H and O–H groups in total. The Hall–Kier alpha value is -3.08. The van der Waals surface area contributed by atoms with Gasteiger partial charge in [0.2, 0.25) is 0 Å². The van der Waals surface area contributed by atoms with E-state index < -0.39 is 6.17 Å². The molecule has 0 aromatic heterocycles. The van der Waals surface area contributed by atoms with Crippen molar-refractivity contribution < 1.29 is 4.79 Å². The van der Waals surface area contributed by atoms with Crippen molar-refractivity contribution in [3.05, 3.63) is 77.4 Å². The molecule has 0 spiro atoms. The van der Waals surface area contributed by atoms with Gasteiger partial charge in [-0.05, 0) is 5.56 Å². The number of carbonyl (C=O) groups excluding carboxylic acids is 1. The SMILES string of the molecule is O=C1NC(c2ccccc2)N=C2N=NC(c3ccccc3)=C12. The highest BCUT2D eigenvalue weighted by Gasteiger charge is 2.33. The van der Waals surface area contributed by atoms with Crippen molar-refractivity contribution in [1.29, 1.82) is 0 Å². The van der Waals surface area contributed by atoms with E-state index in [1.54, 1.807) is 0 Å². The number of azo groups is 1. The zero-order valence-electron chi connectivity index (χ0n) is 11.6. The van der Waals surface area contributed by atoms with Crippen LogP contribution in [0.4, 0.5) is 0 Å². The van der Waals surface area contributed by atoms with Gasteiger partial charge in [0, 0.05) is 5.56 Å². The molecule has 0 radical (unpaired) electrons. The van der Waals surface area contributed by atoms with Crippen molar-refractivity contribution >= 4 is 17.4 Å². The zero-order valence-corrected chi connectivity index (χ0v) is 11.6. The normalized spacial score (nSPS) is 19.7. The highest BCUT2D eigenvalue weighted by molar-refractivity contribution is 6.28. The quantitative estimate of drug-likeness (QED) is 0.906. The molecule has 1 unspecified atom stereocenters. The molecule has 0 bridgehead atoms. The van der Waals surface area contributed by atoms with Gasteiger partial charge in [0.25, 0.3) is 5.91 Å². The first-order valence-corrected chi connectivity index (χ1v) is 6.98. The van der Waals surface area contributed by atoms with Crippen molar-refractivity contribution in [2.24, 2.45) is 15.2 Å². The van der Waals surface area contributed by atoms with Gasteiger partial charge in [-0.3, -0.25) is 4.79 Å². The zero-order chi connectivity index (χ0) is 14.9. The van der Waals surface area contributed by atoms with Gasteiger partial charge in [-0.25, -0.2) is 4.99 Å². The Morgan fingerprint density at radius 2 is 1.55 bits per heavy atom. The molecular formula is C17H12N4O. The van der Waals surface area contributed by atoms with E-state index in [0.717, 1.165) is 11.1 Å². The van der Waals surface area contributed by atoms with Crippen LogP contribution in [0, 0.1) is 0 Å². The fourth-order valence-corrected chi connectivity index (χ4v) is 2.54. The Morgan fingerprint density at radius 3 is 2.27 bits per heavy atom.